The number of hydrogen-bond acceptors (Lipinski definition) is 2. The van der Waals surface area contributed by atoms with Crippen LogP contribution in [-0.4, -0.2) is 17.1 Å². The lowest BCUT2D eigenvalue weighted by Gasteiger charge is -2.25. The second kappa shape index (κ2) is 8.57. The maximum atomic E-state index is 10.7. The first kappa shape index (κ1) is 16.5. The summed E-state index contributed by atoms with van der Waals surface area (Å²) in [5.41, 5.74) is 6.02. The predicted molar refractivity (Wildman–Crippen MR) is 79.0 cm³/mol. The highest BCUT2D eigenvalue weighted by Gasteiger charge is 2.22. The molecule has 0 aliphatic heterocycles. The van der Waals surface area contributed by atoms with Gasteiger partial charge in [0.1, 0.15) is 0 Å². The lowest BCUT2D eigenvalue weighted by molar-refractivity contribution is -0.137. The van der Waals surface area contributed by atoms with Gasteiger partial charge in [-0.1, -0.05) is 58.8 Å². The molecule has 3 heteroatoms. The minimum atomic E-state index is -0.774. The Morgan fingerprint density at radius 2 is 2.00 bits per heavy atom. The van der Waals surface area contributed by atoms with Gasteiger partial charge in [-0.05, 0) is 24.2 Å². The number of carbonyl (C=O) groups is 1. The average molecular weight is 269 g/mol. The normalized spacial score (nSPS) is 21.2. The molecule has 1 rings (SSSR count). The monoisotopic (exact) mass is 269 g/mol. The smallest absolute Gasteiger partial charge is 0.304 e. The third-order valence-corrected chi connectivity index (χ3v) is 4.79. The van der Waals surface area contributed by atoms with Gasteiger partial charge in [-0.3, -0.25) is 4.79 Å². The van der Waals surface area contributed by atoms with Crippen LogP contribution >= 0.6 is 0 Å². The van der Waals surface area contributed by atoms with Gasteiger partial charge < -0.3 is 10.8 Å². The van der Waals surface area contributed by atoms with Gasteiger partial charge in [-0.15, -0.1) is 0 Å². The summed E-state index contributed by atoms with van der Waals surface area (Å²) < 4.78 is 0. The summed E-state index contributed by atoms with van der Waals surface area (Å²) in [4.78, 5) is 10.7. The van der Waals surface area contributed by atoms with Gasteiger partial charge >= 0.3 is 5.97 Å². The van der Waals surface area contributed by atoms with E-state index in [1.807, 2.05) is 0 Å². The average Bonchev–Trinajstić information content (AvgIpc) is 2.85. The van der Waals surface area contributed by atoms with Crippen LogP contribution in [0.4, 0.5) is 0 Å². The van der Waals surface area contributed by atoms with E-state index in [2.05, 4.69) is 13.8 Å². The van der Waals surface area contributed by atoms with E-state index in [-0.39, 0.29) is 12.5 Å². The molecule has 0 bridgehead atoms. The van der Waals surface area contributed by atoms with E-state index in [0.717, 1.165) is 18.8 Å². The van der Waals surface area contributed by atoms with Crippen molar-refractivity contribution >= 4 is 5.97 Å². The van der Waals surface area contributed by atoms with Crippen molar-refractivity contribution in [2.45, 2.75) is 77.7 Å². The fourth-order valence-electron chi connectivity index (χ4n) is 3.47. The van der Waals surface area contributed by atoms with Crippen molar-refractivity contribution in [1.29, 1.82) is 0 Å². The van der Waals surface area contributed by atoms with Crippen LogP contribution in [0.1, 0.15) is 71.6 Å². The van der Waals surface area contributed by atoms with Gasteiger partial charge in [0.05, 0.1) is 6.42 Å². The molecule has 0 aromatic heterocycles. The van der Waals surface area contributed by atoms with E-state index >= 15 is 0 Å². The first-order chi connectivity index (χ1) is 9.02. The molecule has 3 atom stereocenters. The van der Waals surface area contributed by atoms with Gasteiger partial charge in [0, 0.05) is 6.04 Å². The number of carboxylic acids is 1. The van der Waals surface area contributed by atoms with Crippen LogP contribution in [0.25, 0.3) is 0 Å². The standard InChI is InChI=1S/C16H31NO2/c1-3-14(15(17)11-16(18)19)10-12(2)8-9-13-6-4-5-7-13/h12-15H,3-11,17H2,1-2H3,(H,18,19). The summed E-state index contributed by atoms with van der Waals surface area (Å²) in [5.74, 6) is 1.21. The molecule has 0 spiro atoms. The van der Waals surface area contributed by atoms with Crippen molar-refractivity contribution < 1.29 is 9.90 Å². The molecule has 0 aromatic carbocycles. The van der Waals surface area contributed by atoms with Crippen molar-refractivity contribution in [2.24, 2.45) is 23.5 Å². The minimum Gasteiger partial charge on any atom is -0.481 e. The summed E-state index contributed by atoms with van der Waals surface area (Å²) in [7, 11) is 0. The summed E-state index contributed by atoms with van der Waals surface area (Å²) >= 11 is 0. The highest BCUT2D eigenvalue weighted by molar-refractivity contribution is 5.67. The Hall–Kier alpha value is -0.570. The molecule has 3 N–H and O–H groups in total. The summed E-state index contributed by atoms with van der Waals surface area (Å²) in [6, 6.07) is -0.184. The van der Waals surface area contributed by atoms with Gasteiger partial charge in [0.2, 0.25) is 0 Å². The Bertz CT molecular complexity index is 261. The van der Waals surface area contributed by atoms with Crippen molar-refractivity contribution in [1.82, 2.24) is 0 Å². The highest BCUT2D eigenvalue weighted by Crippen LogP contribution is 2.31. The van der Waals surface area contributed by atoms with E-state index in [9.17, 15) is 4.79 Å². The maximum absolute atomic E-state index is 10.7. The number of rotatable bonds is 9. The van der Waals surface area contributed by atoms with Crippen LogP contribution in [0.15, 0.2) is 0 Å². The van der Waals surface area contributed by atoms with Crippen molar-refractivity contribution in [2.75, 3.05) is 0 Å². The van der Waals surface area contributed by atoms with E-state index in [4.69, 9.17) is 10.8 Å². The minimum absolute atomic E-state index is 0.105. The van der Waals surface area contributed by atoms with Crippen LogP contribution in [0, 0.1) is 17.8 Å². The fraction of sp³-hybridized carbons (Fsp3) is 0.938. The molecule has 3 unspecified atom stereocenters. The molecular formula is C16H31NO2. The highest BCUT2D eigenvalue weighted by atomic mass is 16.4. The molecule has 19 heavy (non-hydrogen) atoms. The molecule has 0 radical (unpaired) electrons. The molecule has 0 aromatic rings. The van der Waals surface area contributed by atoms with Gasteiger partial charge in [-0.25, -0.2) is 0 Å². The lowest BCUT2D eigenvalue weighted by atomic mass is 9.83. The zero-order chi connectivity index (χ0) is 14.3. The zero-order valence-corrected chi connectivity index (χ0v) is 12.6. The van der Waals surface area contributed by atoms with E-state index in [1.54, 1.807) is 0 Å². The van der Waals surface area contributed by atoms with Gasteiger partial charge in [-0.2, -0.15) is 0 Å². The Kier molecular flexibility index (Phi) is 7.44. The topological polar surface area (TPSA) is 63.3 Å². The molecule has 1 fully saturated rings. The first-order valence-electron chi connectivity index (χ1n) is 8.00. The van der Waals surface area contributed by atoms with Crippen molar-refractivity contribution in [3.63, 3.8) is 0 Å². The number of nitrogens with two attached hydrogens (primary N) is 1. The third kappa shape index (κ3) is 6.42. The number of carboxylic acid groups (broad SMARTS) is 1. The molecule has 1 saturated carbocycles. The SMILES string of the molecule is CCC(CC(C)CCC1CCCC1)C(N)CC(=O)O. The van der Waals surface area contributed by atoms with Gasteiger partial charge in [0.15, 0.2) is 0 Å². The van der Waals surface area contributed by atoms with Crippen molar-refractivity contribution in [3.05, 3.63) is 0 Å². The van der Waals surface area contributed by atoms with Gasteiger partial charge in [0.25, 0.3) is 0 Å². The quantitative estimate of drug-likeness (QED) is 0.669. The molecular weight excluding hydrogens is 238 g/mol. The van der Waals surface area contributed by atoms with Crippen LogP contribution < -0.4 is 5.73 Å². The Morgan fingerprint density at radius 1 is 1.37 bits per heavy atom. The Labute approximate surface area is 118 Å². The molecule has 0 saturated heterocycles. The molecule has 1 aliphatic carbocycles. The summed E-state index contributed by atoms with van der Waals surface area (Å²) in [6.45, 7) is 4.42. The molecule has 0 amide bonds. The molecule has 3 nitrogen and oxygen atoms in total. The molecule has 1 aliphatic rings. The number of aliphatic carboxylic acids is 1. The van der Waals surface area contributed by atoms with E-state index < -0.39 is 5.97 Å². The molecule has 0 heterocycles. The third-order valence-electron chi connectivity index (χ3n) is 4.79. The fourth-order valence-corrected chi connectivity index (χ4v) is 3.47. The second-order valence-electron chi connectivity index (χ2n) is 6.50. The van der Waals surface area contributed by atoms with E-state index in [1.165, 1.54) is 38.5 Å². The van der Waals surface area contributed by atoms with Crippen molar-refractivity contribution in [3.8, 4) is 0 Å². The molecule has 112 valence electrons. The van der Waals surface area contributed by atoms with Crippen LogP contribution in [-0.2, 0) is 4.79 Å². The lowest BCUT2D eigenvalue weighted by Crippen LogP contribution is -2.33. The van der Waals surface area contributed by atoms with Crippen LogP contribution in [0.3, 0.4) is 0 Å². The second-order valence-corrected chi connectivity index (χ2v) is 6.50. The largest absolute Gasteiger partial charge is 0.481 e. The predicted octanol–water partition coefficient (Wildman–Crippen LogP) is 3.81. The summed E-state index contributed by atoms with van der Waals surface area (Å²) in [6.07, 6.45) is 10.5. The van der Waals surface area contributed by atoms with Crippen LogP contribution in [0.5, 0.6) is 0 Å². The number of hydrogen-bond donors (Lipinski definition) is 2. The van der Waals surface area contributed by atoms with Crippen LogP contribution in [0.2, 0.25) is 0 Å². The first-order valence-corrected chi connectivity index (χ1v) is 8.00. The summed E-state index contributed by atoms with van der Waals surface area (Å²) in [5, 5.41) is 8.83. The zero-order valence-electron chi connectivity index (χ0n) is 12.6. The van der Waals surface area contributed by atoms with E-state index in [0.29, 0.717) is 11.8 Å². The Morgan fingerprint density at radius 3 is 2.53 bits per heavy atom. The Balaban J connectivity index is 2.26. The maximum Gasteiger partial charge on any atom is 0.304 e.